The van der Waals surface area contributed by atoms with Gasteiger partial charge in [-0.05, 0) is 33.2 Å². The van der Waals surface area contributed by atoms with Gasteiger partial charge in [0, 0.05) is 38.8 Å². The minimum absolute atomic E-state index is 0. The number of nitrogens with zero attached hydrogens (tertiary/aromatic N) is 1. The van der Waals surface area contributed by atoms with E-state index >= 15 is 0 Å². The normalized spacial score (nSPS) is 31.0. The molecule has 0 bridgehead atoms. The summed E-state index contributed by atoms with van der Waals surface area (Å²) in [6, 6.07) is 1.26. The maximum Gasteiger partial charge on any atom is 0.00172 e. The van der Waals surface area contributed by atoms with E-state index in [0.29, 0.717) is 17.6 Å². The van der Waals surface area contributed by atoms with Crippen LogP contribution in [-0.2, 0) is 32.7 Å². The quantitative estimate of drug-likeness (QED) is 0.703. The van der Waals surface area contributed by atoms with Gasteiger partial charge in [-0.2, -0.15) is 0 Å². The standard InChI is InChI=1S/C13H26N.Y/c1-9(2)12-8-11(5)14(10(3)4)13(12,6)7;/h8-12H,1-7H3;/q-1;. The van der Waals surface area contributed by atoms with Crippen LogP contribution < -0.4 is 0 Å². The van der Waals surface area contributed by atoms with Gasteiger partial charge >= 0.3 is 0 Å². The Bertz CT molecular complexity index is 199. The van der Waals surface area contributed by atoms with Crippen LogP contribution in [0.4, 0.5) is 0 Å². The molecule has 1 nitrogen and oxygen atoms in total. The van der Waals surface area contributed by atoms with Crippen molar-refractivity contribution < 1.29 is 32.7 Å². The molecule has 0 spiro atoms. The number of hydrogen-bond acceptors (Lipinski definition) is 1. The van der Waals surface area contributed by atoms with Gasteiger partial charge in [0.1, 0.15) is 0 Å². The monoisotopic (exact) mass is 285 g/mol. The Morgan fingerprint density at radius 2 is 1.60 bits per heavy atom. The predicted octanol–water partition coefficient (Wildman–Crippen LogP) is 3.35. The molecule has 1 fully saturated rings. The summed E-state index contributed by atoms with van der Waals surface area (Å²) in [7, 11) is 0. The van der Waals surface area contributed by atoms with E-state index in [0.717, 1.165) is 11.8 Å². The number of likely N-dealkylation sites (tertiary alicyclic amines) is 1. The molecule has 0 aromatic carbocycles. The molecule has 1 radical (unpaired) electrons. The molecule has 2 heteroatoms. The van der Waals surface area contributed by atoms with E-state index in [9.17, 15) is 0 Å². The van der Waals surface area contributed by atoms with Crippen molar-refractivity contribution in [2.75, 3.05) is 0 Å². The molecule has 2 unspecified atom stereocenters. The first-order valence-electron chi connectivity index (χ1n) is 5.92. The van der Waals surface area contributed by atoms with Crippen molar-refractivity contribution in [3.8, 4) is 0 Å². The second kappa shape index (κ2) is 5.60. The van der Waals surface area contributed by atoms with Crippen molar-refractivity contribution in [3.05, 3.63) is 6.42 Å². The first-order valence-corrected chi connectivity index (χ1v) is 5.92. The second-order valence-electron chi connectivity index (χ2n) is 5.86. The second-order valence-corrected chi connectivity index (χ2v) is 5.86. The average molecular weight is 285 g/mol. The van der Waals surface area contributed by atoms with Crippen LogP contribution in [0.3, 0.4) is 0 Å². The summed E-state index contributed by atoms with van der Waals surface area (Å²) < 4.78 is 0. The van der Waals surface area contributed by atoms with Crippen LogP contribution in [-0.4, -0.2) is 22.5 Å². The number of hydrogen-bond donors (Lipinski definition) is 0. The zero-order valence-corrected chi connectivity index (χ0v) is 14.2. The molecule has 0 N–H and O–H groups in total. The van der Waals surface area contributed by atoms with E-state index in [-0.39, 0.29) is 32.7 Å². The molecule has 1 aliphatic rings. The third-order valence-corrected chi connectivity index (χ3v) is 3.68. The fraction of sp³-hybridized carbons (Fsp3) is 0.923. The molecular weight excluding hydrogens is 259 g/mol. The van der Waals surface area contributed by atoms with Gasteiger partial charge in [-0.3, -0.25) is 0 Å². The summed E-state index contributed by atoms with van der Waals surface area (Å²) in [4.78, 5) is 2.64. The van der Waals surface area contributed by atoms with Crippen molar-refractivity contribution in [1.29, 1.82) is 0 Å². The van der Waals surface area contributed by atoms with Crippen LogP contribution in [0, 0.1) is 18.3 Å². The smallest absolute Gasteiger partial charge is 0.00172 e. The number of rotatable bonds is 2. The Labute approximate surface area is 121 Å². The molecule has 0 aromatic heterocycles. The predicted molar refractivity (Wildman–Crippen MR) is 63.1 cm³/mol. The van der Waals surface area contributed by atoms with Crippen LogP contribution in [0.2, 0.25) is 0 Å². The van der Waals surface area contributed by atoms with E-state index in [2.05, 4.69) is 59.8 Å². The molecule has 0 amide bonds. The maximum absolute atomic E-state index is 2.64. The van der Waals surface area contributed by atoms with Gasteiger partial charge in [-0.25, -0.2) is 0 Å². The summed E-state index contributed by atoms with van der Waals surface area (Å²) in [6.07, 6.45) is 2.53. The first kappa shape index (κ1) is 16.1. The summed E-state index contributed by atoms with van der Waals surface area (Å²) in [6.45, 7) is 16.4. The van der Waals surface area contributed by atoms with Crippen LogP contribution in [0.25, 0.3) is 0 Å². The van der Waals surface area contributed by atoms with E-state index in [1.54, 1.807) is 0 Å². The van der Waals surface area contributed by atoms with E-state index < -0.39 is 0 Å². The molecule has 87 valence electrons. The van der Waals surface area contributed by atoms with E-state index in [1.807, 2.05) is 0 Å². The third-order valence-electron chi connectivity index (χ3n) is 3.68. The van der Waals surface area contributed by atoms with Gasteiger partial charge in [-0.1, -0.05) is 26.7 Å². The molecule has 0 saturated carbocycles. The van der Waals surface area contributed by atoms with Crippen molar-refractivity contribution in [2.24, 2.45) is 11.8 Å². The molecule has 1 rings (SSSR count). The molecule has 1 saturated heterocycles. The largest absolute Gasteiger partial charge is 0.325 e. The van der Waals surface area contributed by atoms with Crippen LogP contribution >= 0.6 is 0 Å². The Morgan fingerprint density at radius 1 is 1.13 bits per heavy atom. The fourth-order valence-electron chi connectivity index (χ4n) is 3.50. The summed E-state index contributed by atoms with van der Waals surface area (Å²) in [5.41, 5.74) is 0.321. The topological polar surface area (TPSA) is 3.24 Å². The average Bonchev–Trinajstić information content (AvgIpc) is 2.20. The van der Waals surface area contributed by atoms with Crippen molar-refractivity contribution in [3.63, 3.8) is 0 Å². The molecular formula is C13H26NY-. The third kappa shape index (κ3) is 3.04. The SMILES string of the molecule is CC(C)C1[CH-]C(C)N(C(C)C)C1(C)C.[Y]. The Balaban J connectivity index is 0.00000196. The van der Waals surface area contributed by atoms with E-state index in [1.165, 1.54) is 0 Å². The minimum Gasteiger partial charge on any atom is -0.325 e. The summed E-state index contributed by atoms with van der Waals surface area (Å²) >= 11 is 0. The van der Waals surface area contributed by atoms with Crippen LogP contribution in [0.1, 0.15) is 48.5 Å². The zero-order valence-electron chi connectivity index (χ0n) is 11.4. The van der Waals surface area contributed by atoms with Crippen LogP contribution in [0.15, 0.2) is 0 Å². The molecule has 15 heavy (non-hydrogen) atoms. The van der Waals surface area contributed by atoms with Gasteiger partial charge in [0.2, 0.25) is 0 Å². The van der Waals surface area contributed by atoms with Gasteiger partial charge < -0.3 is 11.3 Å². The minimum atomic E-state index is 0. The van der Waals surface area contributed by atoms with Gasteiger partial charge in [0.05, 0.1) is 0 Å². The van der Waals surface area contributed by atoms with E-state index in [4.69, 9.17) is 0 Å². The molecule has 0 aromatic rings. The van der Waals surface area contributed by atoms with Gasteiger partial charge in [-0.15, -0.1) is 12.0 Å². The van der Waals surface area contributed by atoms with Crippen molar-refractivity contribution in [1.82, 2.24) is 4.90 Å². The summed E-state index contributed by atoms with van der Waals surface area (Å²) in [5.74, 6) is 1.47. The zero-order chi connectivity index (χ0) is 11.1. The Morgan fingerprint density at radius 3 is 1.80 bits per heavy atom. The Hall–Kier alpha value is 1.06. The first-order chi connectivity index (χ1) is 6.28. The molecule has 0 aliphatic carbocycles. The summed E-state index contributed by atoms with van der Waals surface area (Å²) in [5, 5.41) is 0. The molecule has 2 atom stereocenters. The molecule has 1 heterocycles. The van der Waals surface area contributed by atoms with Gasteiger partial charge in [0.15, 0.2) is 0 Å². The fourth-order valence-corrected chi connectivity index (χ4v) is 3.50. The van der Waals surface area contributed by atoms with Gasteiger partial charge in [0.25, 0.3) is 0 Å². The molecule has 1 aliphatic heterocycles. The van der Waals surface area contributed by atoms with Crippen LogP contribution in [0.5, 0.6) is 0 Å². The maximum atomic E-state index is 2.64. The van der Waals surface area contributed by atoms with Crippen molar-refractivity contribution >= 4 is 0 Å². The Kier molecular flexibility index (Phi) is 6.00. The van der Waals surface area contributed by atoms with Crippen molar-refractivity contribution in [2.45, 2.75) is 66.1 Å².